The van der Waals surface area contributed by atoms with Crippen molar-refractivity contribution in [3.8, 4) is 17.0 Å². The summed E-state index contributed by atoms with van der Waals surface area (Å²) in [6.07, 6.45) is 10.7. The van der Waals surface area contributed by atoms with Gasteiger partial charge in [-0.2, -0.15) is 5.10 Å². The molecule has 0 amide bonds. The predicted molar refractivity (Wildman–Crippen MR) is 152 cm³/mol. The first-order valence-electron chi connectivity index (χ1n) is 12.7. The molecule has 2 aromatic heterocycles. The van der Waals surface area contributed by atoms with Gasteiger partial charge in [0.15, 0.2) is 0 Å². The third-order valence-electron chi connectivity index (χ3n) is 6.86. The number of amidine groups is 2. The quantitative estimate of drug-likeness (QED) is 0.158. The predicted octanol–water partition coefficient (Wildman–Crippen LogP) is 5.73. The van der Waals surface area contributed by atoms with Crippen molar-refractivity contribution >= 4 is 29.3 Å². The molecule has 1 saturated carbocycles. The van der Waals surface area contributed by atoms with Crippen molar-refractivity contribution in [3.05, 3.63) is 53.4 Å². The number of anilines is 1. The van der Waals surface area contributed by atoms with Crippen LogP contribution < -0.4 is 15.9 Å². The molecular formula is C28H38N8O. The Morgan fingerprint density at radius 2 is 2.08 bits per heavy atom. The maximum atomic E-state index is 8.16. The SMILES string of the molecule is CCC(C)=Cc1cc(-c2cnn(C)c2)n(C2CCC2)c1/N=C(\C)Nc1ccc(C(=N)N(C)N)cc1OC. The van der Waals surface area contributed by atoms with Gasteiger partial charge in [-0.05, 0) is 63.8 Å². The second-order valence-electron chi connectivity index (χ2n) is 9.71. The third-order valence-corrected chi connectivity index (χ3v) is 6.86. The van der Waals surface area contributed by atoms with E-state index in [1.807, 2.05) is 37.0 Å². The molecule has 1 aliphatic rings. The molecule has 2 heterocycles. The van der Waals surface area contributed by atoms with Crippen molar-refractivity contribution < 1.29 is 4.74 Å². The second-order valence-corrected chi connectivity index (χ2v) is 9.71. The summed E-state index contributed by atoms with van der Waals surface area (Å²) in [7, 11) is 5.20. The highest BCUT2D eigenvalue weighted by molar-refractivity contribution is 6.00. The Labute approximate surface area is 219 Å². The fourth-order valence-electron chi connectivity index (χ4n) is 4.44. The molecule has 37 heavy (non-hydrogen) atoms. The molecule has 0 bridgehead atoms. The van der Waals surface area contributed by atoms with Crippen LogP contribution in [-0.2, 0) is 7.05 Å². The largest absolute Gasteiger partial charge is 0.495 e. The van der Waals surface area contributed by atoms with E-state index in [0.717, 1.165) is 53.4 Å². The zero-order valence-electron chi connectivity index (χ0n) is 22.7. The molecule has 1 fully saturated rings. The normalized spacial score (nSPS) is 14.5. The third kappa shape index (κ3) is 5.61. The molecule has 0 saturated heterocycles. The maximum absolute atomic E-state index is 8.16. The van der Waals surface area contributed by atoms with Crippen LogP contribution in [0.2, 0.25) is 0 Å². The topological polar surface area (TPSA) is 109 Å². The summed E-state index contributed by atoms with van der Waals surface area (Å²) in [4.78, 5) is 5.13. The van der Waals surface area contributed by atoms with E-state index in [2.05, 4.69) is 47.2 Å². The number of nitrogens with one attached hydrogen (secondary N) is 2. The van der Waals surface area contributed by atoms with E-state index >= 15 is 0 Å². The summed E-state index contributed by atoms with van der Waals surface area (Å²) in [5.41, 5.74) is 6.09. The number of ether oxygens (including phenoxy) is 1. The molecule has 1 aromatic carbocycles. The number of hydrazine groups is 1. The van der Waals surface area contributed by atoms with Crippen molar-refractivity contribution in [3.63, 3.8) is 0 Å². The van der Waals surface area contributed by atoms with Gasteiger partial charge in [-0.25, -0.2) is 10.8 Å². The van der Waals surface area contributed by atoms with E-state index in [0.29, 0.717) is 17.4 Å². The first-order chi connectivity index (χ1) is 17.7. The van der Waals surface area contributed by atoms with Crippen molar-refractivity contribution in [1.82, 2.24) is 19.4 Å². The zero-order chi connectivity index (χ0) is 26.7. The Bertz CT molecular complexity index is 1340. The zero-order valence-corrected chi connectivity index (χ0v) is 22.7. The Morgan fingerprint density at radius 3 is 2.65 bits per heavy atom. The van der Waals surface area contributed by atoms with Gasteiger partial charge in [0.05, 0.1) is 24.7 Å². The van der Waals surface area contributed by atoms with Crippen molar-refractivity contribution in [1.29, 1.82) is 5.41 Å². The summed E-state index contributed by atoms with van der Waals surface area (Å²) in [6.45, 7) is 6.29. The standard InChI is InChI=1S/C28H38N8O/c1-7-18(2)13-21-14-25(22-16-31-34(4)17-22)36(23-9-8-10-23)28(21)33-19(3)32-24-12-11-20(15-26(24)37-6)27(29)35(5)30/h11-17,23,29H,7-10,30H2,1-6H3,(H,32,33). The van der Waals surface area contributed by atoms with Crippen LogP contribution in [0.15, 0.2) is 47.2 Å². The number of methoxy groups -OCH3 is 1. The fourth-order valence-corrected chi connectivity index (χ4v) is 4.44. The van der Waals surface area contributed by atoms with Crippen LogP contribution in [0.5, 0.6) is 5.75 Å². The van der Waals surface area contributed by atoms with Gasteiger partial charge in [-0.3, -0.25) is 15.1 Å². The van der Waals surface area contributed by atoms with E-state index in [4.69, 9.17) is 21.0 Å². The van der Waals surface area contributed by atoms with E-state index < -0.39 is 0 Å². The van der Waals surface area contributed by atoms with Gasteiger partial charge in [0.25, 0.3) is 0 Å². The molecule has 0 atom stereocenters. The smallest absolute Gasteiger partial charge is 0.143 e. The minimum Gasteiger partial charge on any atom is -0.495 e. The number of allylic oxidation sites excluding steroid dienone is 1. The van der Waals surface area contributed by atoms with Crippen LogP contribution in [0.4, 0.5) is 11.5 Å². The lowest BCUT2D eigenvalue weighted by atomic mass is 9.92. The number of aliphatic imine (C=N–C) groups is 1. The Morgan fingerprint density at radius 1 is 1.32 bits per heavy atom. The number of rotatable bonds is 8. The van der Waals surface area contributed by atoms with E-state index in [9.17, 15) is 0 Å². The molecule has 0 unspecified atom stereocenters. The van der Waals surface area contributed by atoms with Gasteiger partial charge in [0.1, 0.15) is 23.2 Å². The first kappa shape index (κ1) is 26.2. The summed E-state index contributed by atoms with van der Waals surface area (Å²) >= 11 is 0. The molecule has 4 N–H and O–H groups in total. The highest BCUT2D eigenvalue weighted by atomic mass is 16.5. The Balaban J connectivity index is 1.77. The van der Waals surface area contributed by atoms with Crippen molar-refractivity contribution in [2.45, 2.75) is 52.5 Å². The van der Waals surface area contributed by atoms with Crippen LogP contribution in [-0.4, -0.2) is 45.2 Å². The second kappa shape index (κ2) is 11.0. The fraction of sp³-hybridized carbons (Fsp3) is 0.393. The number of nitrogens with zero attached hydrogens (tertiary/aromatic N) is 5. The van der Waals surface area contributed by atoms with Gasteiger partial charge >= 0.3 is 0 Å². The Kier molecular flexibility index (Phi) is 7.83. The average molecular weight is 503 g/mol. The van der Waals surface area contributed by atoms with Crippen molar-refractivity contribution in [2.24, 2.45) is 17.9 Å². The molecule has 4 rings (SSSR count). The number of benzene rings is 1. The molecule has 0 radical (unpaired) electrons. The van der Waals surface area contributed by atoms with Gasteiger partial charge in [0.2, 0.25) is 0 Å². The van der Waals surface area contributed by atoms with Crippen LogP contribution >= 0.6 is 0 Å². The lowest BCUT2D eigenvalue weighted by Crippen LogP contribution is -2.33. The number of aryl methyl sites for hydroxylation is 1. The van der Waals surface area contributed by atoms with Crippen LogP contribution in [0.1, 0.15) is 63.6 Å². The Hall–Kier alpha value is -3.85. The monoisotopic (exact) mass is 502 g/mol. The molecule has 1 aliphatic carbocycles. The van der Waals surface area contributed by atoms with Crippen molar-refractivity contribution in [2.75, 3.05) is 19.5 Å². The van der Waals surface area contributed by atoms with E-state index in [1.165, 1.54) is 17.0 Å². The van der Waals surface area contributed by atoms with Crippen LogP contribution in [0, 0.1) is 5.41 Å². The lowest BCUT2D eigenvalue weighted by Gasteiger charge is -2.30. The van der Waals surface area contributed by atoms with Gasteiger partial charge in [-0.1, -0.05) is 18.6 Å². The van der Waals surface area contributed by atoms with E-state index in [1.54, 1.807) is 20.2 Å². The first-order valence-corrected chi connectivity index (χ1v) is 12.7. The molecule has 196 valence electrons. The number of aromatic nitrogens is 3. The maximum Gasteiger partial charge on any atom is 0.143 e. The van der Waals surface area contributed by atoms with Crippen LogP contribution in [0.25, 0.3) is 17.3 Å². The van der Waals surface area contributed by atoms with E-state index in [-0.39, 0.29) is 5.84 Å². The van der Waals surface area contributed by atoms with Gasteiger partial charge in [-0.15, -0.1) is 0 Å². The number of hydrogen-bond acceptors (Lipinski definition) is 5. The summed E-state index contributed by atoms with van der Waals surface area (Å²) in [5, 5.41) is 17.3. The lowest BCUT2D eigenvalue weighted by molar-refractivity contribution is 0.319. The summed E-state index contributed by atoms with van der Waals surface area (Å²) in [6, 6.07) is 8.20. The molecule has 3 aromatic rings. The van der Waals surface area contributed by atoms with Gasteiger partial charge < -0.3 is 14.6 Å². The van der Waals surface area contributed by atoms with Crippen LogP contribution in [0.3, 0.4) is 0 Å². The molecular weight excluding hydrogens is 464 g/mol. The average Bonchev–Trinajstić information content (AvgIpc) is 3.41. The number of hydrogen-bond donors (Lipinski definition) is 3. The number of nitrogens with two attached hydrogens (primary N) is 1. The molecule has 0 spiro atoms. The highest BCUT2D eigenvalue weighted by Crippen LogP contribution is 2.43. The minimum atomic E-state index is 0.208. The minimum absolute atomic E-state index is 0.208. The highest BCUT2D eigenvalue weighted by Gasteiger charge is 2.27. The molecule has 9 heteroatoms. The molecule has 0 aliphatic heterocycles. The van der Waals surface area contributed by atoms with Gasteiger partial charge in [0, 0.05) is 43.0 Å². The summed E-state index contributed by atoms with van der Waals surface area (Å²) < 4.78 is 9.84. The summed E-state index contributed by atoms with van der Waals surface area (Å²) in [5.74, 6) is 8.26. The molecule has 9 nitrogen and oxygen atoms in total.